The molecule has 2 aromatic heterocycles. The van der Waals surface area contributed by atoms with Gasteiger partial charge in [0.15, 0.2) is 0 Å². The van der Waals surface area contributed by atoms with Gasteiger partial charge in [-0.25, -0.2) is 9.78 Å². The van der Waals surface area contributed by atoms with Gasteiger partial charge in [-0.15, -0.1) is 0 Å². The zero-order chi connectivity index (χ0) is 28.5. The minimum atomic E-state index is -1.28. The number of nitrogens with one attached hydrogen (secondary N) is 5. The number of hydrogen-bond donors (Lipinski definition) is 8. The Hall–Kier alpha value is -4.23. The summed E-state index contributed by atoms with van der Waals surface area (Å²) in [5.74, 6) is -3.30. The largest absolute Gasteiger partial charge is 0.480 e. The number of aliphatic hydroxyl groups is 1. The van der Waals surface area contributed by atoms with Gasteiger partial charge in [-0.2, -0.15) is 0 Å². The summed E-state index contributed by atoms with van der Waals surface area (Å²) in [7, 11) is 0. The molecule has 1 aromatic carbocycles. The lowest BCUT2D eigenvalue weighted by Gasteiger charge is -2.26. The first kappa shape index (κ1) is 29.3. The molecule has 0 saturated carbocycles. The zero-order valence-electron chi connectivity index (χ0n) is 21.8. The number of hydrogen-bond acceptors (Lipinski definition) is 7. The average molecular weight is 542 g/mol. The Morgan fingerprint density at radius 1 is 0.949 bits per heavy atom. The van der Waals surface area contributed by atoms with Gasteiger partial charge in [-0.1, -0.05) is 32.0 Å². The lowest BCUT2D eigenvalue weighted by molar-refractivity contribution is -0.142. The fraction of sp³-hybridized carbons (Fsp3) is 0.423. The highest BCUT2D eigenvalue weighted by atomic mass is 16.4. The topological polar surface area (TPSA) is 215 Å². The zero-order valence-corrected chi connectivity index (χ0v) is 21.8. The molecule has 0 aliphatic heterocycles. The van der Waals surface area contributed by atoms with Gasteiger partial charge in [0, 0.05) is 41.8 Å². The highest BCUT2D eigenvalue weighted by Gasteiger charge is 2.31. The molecule has 0 bridgehead atoms. The second-order valence-corrected chi connectivity index (χ2v) is 9.78. The predicted molar refractivity (Wildman–Crippen MR) is 142 cm³/mol. The molecule has 13 nitrogen and oxygen atoms in total. The lowest BCUT2D eigenvalue weighted by Crippen LogP contribution is -2.58. The predicted octanol–water partition coefficient (Wildman–Crippen LogP) is -0.419. The average Bonchev–Trinajstić information content (AvgIpc) is 3.56. The molecular formula is C26H35N7O6. The van der Waals surface area contributed by atoms with Crippen molar-refractivity contribution in [3.8, 4) is 0 Å². The maximum atomic E-state index is 13.4. The summed E-state index contributed by atoms with van der Waals surface area (Å²) < 4.78 is 0. The molecule has 4 atom stereocenters. The van der Waals surface area contributed by atoms with E-state index in [1.54, 1.807) is 6.20 Å². The summed E-state index contributed by atoms with van der Waals surface area (Å²) in [4.78, 5) is 60.9. The first-order chi connectivity index (χ1) is 18.6. The van der Waals surface area contributed by atoms with Gasteiger partial charge < -0.3 is 41.9 Å². The molecule has 3 aromatic rings. The first-order valence-electron chi connectivity index (χ1n) is 12.6. The Morgan fingerprint density at radius 2 is 1.62 bits per heavy atom. The fourth-order valence-electron chi connectivity index (χ4n) is 4.16. The Kier molecular flexibility index (Phi) is 10.2. The second kappa shape index (κ2) is 13.5. The van der Waals surface area contributed by atoms with E-state index in [1.807, 2.05) is 38.1 Å². The maximum Gasteiger partial charge on any atom is 0.326 e. The van der Waals surface area contributed by atoms with Crippen molar-refractivity contribution in [3.05, 3.63) is 54.2 Å². The minimum Gasteiger partial charge on any atom is -0.480 e. The van der Waals surface area contributed by atoms with Gasteiger partial charge in [0.2, 0.25) is 17.7 Å². The maximum absolute atomic E-state index is 13.4. The Bertz CT molecular complexity index is 1270. The van der Waals surface area contributed by atoms with E-state index in [4.69, 9.17) is 5.73 Å². The van der Waals surface area contributed by atoms with E-state index in [0.717, 1.165) is 16.5 Å². The normalized spacial score (nSPS) is 14.4. The molecule has 0 saturated heterocycles. The number of carbonyl (C=O) groups is 4. The summed E-state index contributed by atoms with van der Waals surface area (Å²) in [6.07, 6.45) is 4.85. The van der Waals surface area contributed by atoms with Crippen molar-refractivity contribution in [2.24, 2.45) is 11.7 Å². The molecular weight excluding hydrogens is 506 g/mol. The molecule has 0 fully saturated rings. The van der Waals surface area contributed by atoms with E-state index in [2.05, 4.69) is 30.9 Å². The summed E-state index contributed by atoms with van der Waals surface area (Å²) in [6.45, 7) is 3.13. The van der Waals surface area contributed by atoms with Crippen LogP contribution in [0.2, 0.25) is 0 Å². The van der Waals surface area contributed by atoms with Gasteiger partial charge >= 0.3 is 5.97 Å². The van der Waals surface area contributed by atoms with Crippen LogP contribution in [0.3, 0.4) is 0 Å². The molecule has 9 N–H and O–H groups in total. The van der Waals surface area contributed by atoms with Gasteiger partial charge in [0.25, 0.3) is 0 Å². The number of rotatable bonds is 14. The number of benzene rings is 1. The van der Waals surface area contributed by atoms with Crippen LogP contribution in [0.4, 0.5) is 0 Å². The molecule has 0 spiro atoms. The number of aliphatic carboxylic acids is 1. The number of amides is 3. The van der Waals surface area contributed by atoms with Crippen LogP contribution in [0.15, 0.2) is 43.0 Å². The quantitative estimate of drug-likeness (QED) is 0.134. The van der Waals surface area contributed by atoms with Crippen molar-refractivity contribution < 1.29 is 29.4 Å². The smallest absolute Gasteiger partial charge is 0.326 e. The number of carboxylic acid groups (broad SMARTS) is 1. The summed E-state index contributed by atoms with van der Waals surface area (Å²) in [5, 5.41) is 27.5. The summed E-state index contributed by atoms with van der Waals surface area (Å²) >= 11 is 0. The van der Waals surface area contributed by atoms with Crippen LogP contribution in [0.1, 0.15) is 31.5 Å². The van der Waals surface area contributed by atoms with Gasteiger partial charge in [0.05, 0.1) is 12.9 Å². The van der Waals surface area contributed by atoms with Crippen LogP contribution in [0.5, 0.6) is 0 Å². The van der Waals surface area contributed by atoms with Crippen LogP contribution in [0, 0.1) is 5.92 Å². The third kappa shape index (κ3) is 8.12. The van der Waals surface area contributed by atoms with Gasteiger partial charge in [-0.05, 0) is 24.0 Å². The number of para-hydroxylation sites is 1. The Labute approximate surface area is 225 Å². The van der Waals surface area contributed by atoms with Crippen LogP contribution in [-0.2, 0) is 32.0 Å². The van der Waals surface area contributed by atoms with E-state index in [-0.39, 0.29) is 25.2 Å². The molecule has 0 radical (unpaired) electrons. The van der Waals surface area contributed by atoms with Gasteiger partial charge in [-0.3, -0.25) is 14.4 Å². The summed E-state index contributed by atoms with van der Waals surface area (Å²) in [5.41, 5.74) is 7.69. The number of aliphatic hydroxyl groups excluding tert-OH is 1. The fourth-order valence-corrected chi connectivity index (χ4v) is 4.16. The lowest BCUT2D eigenvalue weighted by atomic mass is 10.00. The van der Waals surface area contributed by atoms with E-state index in [9.17, 15) is 29.4 Å². The number of imidazole rings is 1. The SMILES string of the molecule is CC(C)CC(NC(=O)C(N)CO)C(=O)NC(Cc1c[nH]c2ccccc12)C(=O)NC(Cc1cnc[nH]1)C(=O)O. The van der Waals surface area contributed by atoms with Crippen molar-refractivity contribution in [3.63, 3.8) is 0 Å². The number of carbonyl (C=O) groups excluding carboxylic acids is 3. The van der Waals surface area contributed by atoms with Crippen molar-refractivity contribution in [1.82, 2.24) is 30.9 Å². The third-order valence-electron chi connectivity index (χ3n) is 6.20. The molecule has 2 heterocycles. The molecule has 0 aliphatic rings. The van der Waals surface area contributed by atoms with Crippen molar-refractivity contribution in [2.75, 3.05) is 6.61 Å². The number of fused-ring (bicyclic) bond motifs is 1. The van der Waals surface area contributed by atoms with Crippen molar-refractivity contribution >= 4 is 34.6 Å². The van der Waals surface area contributed by atoms with Crippen LogP contribution >= 0.6 is 0 Å². The number of nitrogens with zero attached hydrogens (tertiary/aromatic N) is 1. The molecule has 3 rings (SSSR count). The van der Waals surface area contributed by atoms with Crippen LogP contribution in [0.25, 0.3) is 10.9 Å². The van der Waals surface area contributed by atoms with E-state index < -0.39 is 54.5 Å². The van der Waals surface area contributed by atoms with E-state index >= 15 is 0 Å². The molecule has 13 heteroatoms. The standard InChI is InChI=1S/C26H35N7O6/c1-14(2)7-20(31-23(35)18(27)12-34)24(36)32-21(8-15-10-29-19-6-4-3-5-17(15)19)25(37)33-22(26(38)39)9-16-11-28-13-30-16/h3-6,10-11,13-14,18,20-22,29,34H,7-9,12,27H2,1-2H3,(H,28,30)(H,31,35)(H,32,36)(H,33,37)(H,38,39). The monoisotopic (exact) mass is 541 g/mol. The number of carboxylic acids is 1. The molecule has 210 valence electrons. The van der Waals surface area contributed by atoms with Gasteiger partial charge in [0.1, 0.15) is 24.2 Å². The Balaban J connectivity index is 1.86. The van der Waals surface area contributed by atoms with Crippen LogP contribution in [-0.4, -0.2) is 79.6 Å². The summed E-state index contributed by atoms with van der Waals surface area (Å²) in [6, 6.07) is 2.75. The van der Waals surface area contributed by atoms with E-state index in [0.29, 0.717) is 5.69 Å². The number of nitrogens with two attached hydrogens (primary N) is 1. The highest BCUT2D eigenvalue weighted by molar-refractivity contribution is 5.95. The number of aromatic amines is 2. The molecule has 4 unspecified atom stereocenters. The van der Waals surface area contributed by atoms with Crippen molar-refractivity contribution in [2.45, 2.75) is 57.3 Å². The Morgan fingerprint density at radius 3 is 2.26 bits per heavy atom. The molecule has 39 heavy (non-hydrogen) atoms. The second-order valence-electron chi connectivity index (χ2n) is 9.78. The van der Waals surface area contributed by atoms with Crippen molar-refractivity contribution in [1.29, 1.82) is 0 Å². The first-order valence-corrected chi connectivity index (χ1v) is 12.6. The number of H-pyrrole nitrogens is 2. The molecule has 0 aliphatic carbocycles. The highest BCUT2D eigenvalue weighted by Crippen LogP contribution is 2.19. The van der Waals surface area contributed by atoms with Crippen LogP contribution < -0.4 is 21.7 Å². The third-order valence-corrected chi connectivity index (χ3v) is 6.20. The van der Waals surface area contributed by atoms with E-state index in [1.165, 1.54) is 12.5 Å². The number of aromatic nitrogens is 3. The molecule has 3 amide bonds. The minimum absolute atomic E-state index is 0.00177.